The molecule has 0 aliphatic rings. The van der Waals surface area contributed by atoms with Crippen molar-refractivity contribution in [2.24, 2.45) is 0 Å². The lowest BCUT2D eigenvalue weighted by Gasteiger charge is -2.11. The molecule has 0 spiro atoms. The highest BCUT2D eigenvalue weighted by Crippen LogP contribution is 2.27. The molecule has 0 amide bonds. The molecule has 0 saturated carbocycles. The van der Waals surface area contributed by atoms with Crippen LogP contribution in [0.3, 0.4) is 0 Å². The summed E-state index contributed by atoms with van der Waals surface area (Å²) in [6.07, 6.45) is 1.71. The van der Waals surface area contributed by atoms with E-state index in [0.717, 1.165) is 24.0 Å². The number of alkyl halides is 2. The maximum Gasteiger partial charge on any atom is 0.122 e. The third-order valence-electron chi connectivity index (χ3n) is 2.21. The molecule has 0 radical (unpaired) electrons. The zero-order valence-corrected chi connectivity index (χ0v) is 12.2. The van der Waals surface area contributed by atoms with Crippen molar-refractivity contribution in [2.75, 3.05) is 0 Å². The van der Waals surface area contributed by atoms with E-state index in [-0.39, 0.29) is 0 Å². The molecule has 1 rings (SSSR count). The molecule has 0 bridgehead atoms. The first-order valence-electron chi connectivity index (χ1n) is 5.08. The van der Waals surface area contributed by atoms with Crippen LogP contribution in [0.2, 0.25) is 0 Å². The Balaban J connectivity index is 2.90. The summed E-state index contributed by atoms with van der Waals surface area (Å²) in [5.74, 6) is 0.454. The van der Waals surface area contributed by atoms with E-state index in [9.17, 15) is 5.11 Å². The average molecular weight is 336 g/mol. The van der Waals surface area contributed by atoms with Crippen molar-refractivity contribution in [1.29, 1.82) is 0 Å². The Morgan fingerprint density at radius 2 is 1.47 bits per heavy atom. The summed E-state index contributed by atoms with van der Waals surface area (Å²) in [6, 6.07) is 5.97. The van der Waals surface area contributed by atoms with Crippen molar-refractivity contribution in [3.05, 3.63) is 29.3 Å². The Labute approximate surface area is 108 Å². The van der Waals surface area contributed by atoms with E-state index >= 15 is 0 Å². The maximum atomic E-state index is 10.0. The van der Waals surface area contributed by atoms with Gasteiger partial charge in [-0.1, -0.05) is 63.9 Å². The smallest absolute Gasteiger partial charge is 0.122 e. The van der Waals surface area contributed by atoms with E-state index in [2.05, 4.69) is 45.7 Å². The van der Waals surface area contributed by atoms with Gasteiger partial charge in [0.15, 0.2) is 0 Å². The molecule has 0 aliphatic carbocycles. The number of phenols is 1. The van der Waals surface area contributed by atoms with Crippen molar-refractivity contribution in [1.82, 2.24) is 0 Å². The van der Waals surface area contributed by atoms with Crippen LogP contribution in [-0.4, -0.2) is 14.8 Å². The van der Waals surface area contributed by atoms with Crippen molar-refractivity contribution >= 4 is 31.9 Å². The summed E-state index contributed by atoms with van der Waals surface area (Å²) in [4.78, 5) is 0.778. The number of hydrogen-bond acceptors (Lipinski definition) is 1. The van der Waals surface area contributed by atoms with Crippen LogP contribution in [0.5, 0.6) is 5.75 Å². The average Bonchev–Trinajstić information content (AvgIpc) is 2.10. The highest BCUT2D eigenvalue weighted by atomic mass is 79.9. The van der Waals surface area contributed by atoms with Crippen LogP contribution in [0.25, 0.3) is 0 Å². The standard InChI is InChI=1S/C12H16Br2O/c1-8(13)6-10-4-3-5-11(12(10)15)7-9(2)14/h3-5,8-9,15H,6-7H2,1-2H3. The topological polar surface area (TPSA) is 20.2 Å². The first-order valence-corrected chi connectivity index (χ1v) is 6.91. The molecule has 0 aliphatic heterocycles. The third-order valence-corrected chi connectivity index (χ3v) is 2.85. The Hall–Kier alpha value is -0.0200. The SMILES string of the molecule is CC(Br)Cc1cccc(CC(C)Br)c1O. The minimum Gasteiger partial charge on any atom is -0.507 e. The van der Waals surface area contributed by atoms with Crippen molar-refractivity contribution in [3.8, 4) is 5.75 Å². The molecule has 0 heterocycles. The Bertz CT molecular complexity index is 293. The molecule has 0 fully saturated rings. The Kier molecular flexibility index (Phi) is 5.13. The highest BCUT2D eigenvalue weighted by molar-refractivity contribution is 9.09. The molecule has 1 N–H and O–H groups in total. The quantitative estimate of drug-likeness (QED) is 0.823. The van der Waals surface area contributed by atoms with Gasteiger partial charge in [-0.25, -0.2) is 0 Å². The van der Waals surface area contributed by atoms with Crippen molar-refractivity contribution in [3.63, 3.8) is 0 Å². The van der Waals surface area contributed by atoms with Gasteiger partial charge >= 0.3 is 0 Å². The lowest BCUT2D eigenvalue weighted by Crippen LogP contribution is -2.01. The molecule has 3 heteroatoms. The second-order valence-electron chi connectivity index (χ2n) is 3.89. The fraction of sp³-hybridized carbons (Fsp3) is 0.500. The van der Waals surface area contributed by atoms with Crippen LogP contribution in [0, 0.1) is 0 Å². The normalized spacial score (nSPS) is 14.9. The molecule has 15 heavy (non-hydrogen) atoms. The lowest BCUT2D eigenvalue weighted by atomic mass is 10.0. The van der Waals surface area contributed by atoms with Gasteiger partial charge in [-0.2, -0.15) is 0 Å². The summed E-state index contributed by atoms with van der Waals surface area (Å²) in [6.45, 7) is 4.17. The number of phenolic OH excluding ortho intramolecular Hbond substituents is 1. The van der Waals surface area contributed by atoms with Crippen LogP contribution in [-0.2, 0) is 12.8 Å². The Morgan fingerprint density at radius 1 is 1.07 bits per heavy atom. The van der Waals surface area contributed by atoms with E-state index in [4.69, 9.17) is 0 Å². The molecule has 2 unspecified atom stereocenters. The fourth-order valence-corrected chi connectivity index (χ4v) is 2.28. The zero-order chi connectivity index (χ0) is 11.4. The van der Waals surface area contributed by atoms with Crippen molar-refractivity contribution in [2.45, 2.75) is 36.3 Å². The van der Waals surface area contributed by atoms with Crippen LogP contribution < -0.4 is 0 Å². The van der Waals surface area contributed by atoms with Crippen LogP contribution in [0.4, 0.5) is 0 Å². The van der Waals surface area contributed by atoms with E-state index < -0.39 is 0 Å². The van der Waals surface area contributed by atoms with Gasteiger partial charge in [-0.05, 0) is 24.0 Å². The minimum absolute atomic E-state index is 0.389. The van der Waals surface area contributed by atoms with Crippen LogP contribution in [0.15, 0.2) is 18.2 Å². The molecular weight excluding hydrogens is 320 g/mol. The van der Waals surface area contributed by atoms with Crippen LogP contribution in [0.1, 0.15) is 25.0 Å². The Morgan fingerprint density at radius 3 is 1.80 bits per heavy atom. The molecule has 1 aromatic carbocycles. The predicted octanol–water partition coefficient (Wildman–Crippen LogP) is 4.04. The largest absolute Gasteiger partial charge is 0.507 e. The monoisotopic (exact) mass is 334 g/mol. The summed E-state index contributed by atoms with van der Waals surface area (Å²) in [7, 11) is 0. The van der Waals surface area contributed by atoms with Crippen LogP contribution >= 0.6 is 31.9 Å². The number of halogens is 2. The molecular formula is C12H16Br2O. The van der Waals surface area contributed by atoms with Gasteiger partial charge in [-0.3, -0.25) is 0 Å². The molecule has 84 valence electrons. The van der Waals surface area contributed by atoms with Gasteiger partial charge in [0.1, 0.15) is 5.75 Å². The second kappa shape index (κ2) is 5.90. The number of aromatic hydroxyl groups is 1. The van der Waals surface area contributed by atoms with Gasteiger partial charge < -0.3 is 5.11 Å². The van der Waals surface area contributed by atoms with E-state index in [1.807, 2.05) is 18.2 Å². The summed E-state index contributed by atoms with van der Waals surface area (Å²) in [5.41, 5.74) is 2.04. The number of benzene rings is 1. The molecule has 1 aromatic rings. The third kappa shape index (κ3) is 4.15. The van der Waals surface area contributed by atoms with E-state index in [0.29, 0.717) is 15.4 Å². The first-order chi connectivity index (χ1) is 7.00. The van der Waals surface area contributed by atoms with Gasteiger partial charge in [0, 0.05) is 9.65 Å². The van der Waals surface area contributed by atoms with Gasteiger partial charge in [0.25, 0.3) is 0 Å². The second-order valence-corrected chi connectivity index (χ2v) is 7.02. The number of para-hydroxylation sites is 1. The van der Waals surface area contributed by atoms with E-state index in [1.54, 1.807) is 0 Å². The lowest BCUT2D eigenvalue weighted by molar-refractivity contribution is 0.460. The van der Waals surface area contributed by atoms with Gasteiger partial charge in [-0.15, -0.1) is 0 Å². The first kappa shape index (κ1) is 13.0. The summed E-state index contributed by atoms with van der Waals surface area (Å²) < 4.78 is 0. The van der Waals surface area contributed by atoms with Gasteiger partial charge in [0.2, 0.25) is 0 Å². The highest BCUT2D eigenvalue weighted by Gasteiger charge is 2.10. The van der Waals surface area contributed by atoms with Crippen molar-refractivity contribution < 1.29 is 5.11 Å². The zero-order valence-electron chi connectivity index (χ0n) is 9.00. The predicted molar refractivity (Wildman–Crippen MR) is 72.3 cm³/mol. The number of rotatable bonds is 4. The molecule has 1 nitrogen and oxygen atoms in total. The molecule has 0 saturated heterocycles. The maximum absolute atomic E-state index is 10.0. The van der Waals surface area contributed by atoms with Gasteiger partial charge in [0.05, 0.1) is 0 Å². The van der Waals surface area contributed by atoms with E-state index in [1.165, 1.54) is 0 Å². The number of hydrogen-bond donors (Lipinski definition) is 1. The summed E-state index contributed by atoms with van der Waals surface area (Å²) in [5, 5.41) is 10.0. The molecule has 2 atom stereocenters. The fourth-order valence-electron chi connectivity index (χ4n) is 1.58. The minimum atomic E-state index is 0.389. The molecule has 0 aromatic heterocycles. The summed E-state index contributed by atoms with van der Waals surface area (Å²) >= 11 is 7.00.